The van der Waals surface area contributed by atoms with Gasteiger partial charge in [0.1, 0.15) is 23.6 Å². The topological polar surface area (TPSA) is 101 Å². The van der Waals surface area contributed by atoms with Gasteiger partial charge in [-0.15, -0.1) is 0 Å². The number of carbonyl (C=O) groups excluding carboxylic acids is 1. The van der Waals surface area contributed by atoms with Gasteiger partial charge >= 0.3 is 0 Å². The molecule has 2 rings (SSSR count). The molecule has 1 aromatic heterocycles. The minimum Gasteiger partial charge on any atom is -0.396 e. The van der Waals surface area contributed by atoms with Crippen molar-refractivity contribution in [1.82, 2.24) is 4.98 Å². The molecule has 0 bridgehead atoms. The summed E-state index contributed by atoms with van der Waals surface area (Å²) >= 11 is 3.24. The number of halogens is 3. The summed E-state index contributed by atoms with van der Waals surface area (Å²) in [7, 11) is 0. The van der Waals surface area contributed by atoms with Gasteiger partial charge in [0.25, 0.3) is 0 Å². The van der Waals surface area contributed by atoms with Crippen LogP contribution in [0.5, 0.6) is 0 Å². The Balaban J connectivity index is 2.44. The van der Waals surface area contributed by atoms with Gasteiger partial charge in [-0.1, -0.05) is 13.3 Å². The lowest BCUT2D eigenvalue weighted by Gasteiger charge is -2.20. The van der Waals surface area contributed by atoms with Crippen LogP contribution < -0.4 is 11.1 Å². The molecule has 0 aliphatic carbocycles. The van der Waals surface area contributed by atoms with Crippen molar-refractivity contribution in [2.24, 2.45) is 0 Å². The molecule has 1 heterocycles. The minimum atomic E-state index is -1.19. The monoisotopic (exact) mass is 454 g/mol. The molecule has 6 nitrogen and oxygen atoms in total. The summed E-state index contributed by atoms with van der Waals surface area (Å²) in [6, 6.07) is 3.40. The van der Waals surface area contributed by atoms with Crippen molar-refractivity contribution in [2.45, 2.75) is 32.9 Å². The van der Waals surface area contributed by atoms with Gasteiger partial charge in [-0.3, -0.25) is 10.2 Å². The summed E-state index contributed by atoms with van der Waals surface area (Å²) in [6.07, 6.45) is 2.61. The third kappa shape index (κ3) is 4.90. The maximum atomic E-state index is 14.2. The van der Waals surface area contributed by atoms with E-state index in [-0.39, 0.29) is 23.3 Å². The number of hydrogen-bond donors (Lipinski definition) is 3. The number of nitrogens with one attached hydrogen (secondary N) is 2. The first kappa shape index (κ1) is 21.9. The second-order valence-electron chi connectivity index (χ2n) is 5.96. The van der Waals surface area contributed by atoms with E-state index in [0.29, 0.717) is 17.5 Å². The van der Waals surface area contributed by atoms with Crippen molar-refractivity contribution in [3.8, 4) is 0 Å². The number of pyridine rings is 1. The third-order valence-electron chi connectivity index (χ3n) is 3.92. The molecule has 0 spiro atoms. The molecule has 0 saturated heterocycles. The van der Waals surface area contributed by atoms with Crippen molar-refractivity contribution >= 4 is 38.9 Å². The average molecular weight is 455 g/mol. The molecular formula is C19H21BrF2N4O2. The Morgan fingerprint density at radius 3 is 2.75 bits per heavy atom. The Hall–Kier alpha value is -2.39. The molecule has 9 heteroatoms. The summed E-state index contributed by atoms with van der Waals surface area (Å²) in [5.41, 5.74) is 3.66. The Kier molecular flexibility index (Phi) is 7.59. The van der Waals surface area contributed by atoms with E-state index in [1.165, 1.54) is 12.3 Å². The quantitative estimate of drug-likeness (QED) is 0.223. The maximum Gasteiger partial charge on any atom is 0.217 e. The highest BCUT2D eigenvalue weighted by atomic mass is 79.9. The molecule has 1 unspecified atom stereocenters. The number of nitrogens with two attached hydrogens (primary N) is 1. The van der Waals surface area contributed by atoms with Crippen molar-refractivity contribution < 1.29 is 18.3 Å². The van der Waals surface area contributed by atoms with E-state index >= 15 is 0 Å². The Bertz CT molecular complexity index is 886. The number of aromatic nitrogens is 1. The zero-order chi connectivity index (χ0) is 20.8. The van der Waals surface area contributed by atoms with E-state index in [9.17, 15) is 13.6 Å². The fraction of sp³-hybridized carbons (Fsp3) is 0.316. The van der Waals surface area contributed by atoms with E-state index < -0.39 is 28.7 Å². The number of carbonyl (C=O) groups is 1. The molecule has 150 valence electrons. The smallest absolute Gasteiger partial charge is 0.217 e. The van der Waals surface area contributed by atoms with Crippen LogP contribution in [0.3, 0.4) is 0 Å². The lowest BCUT2D eigenvalue weighted by atomic mass is 9.99. The number of hydrogen-bond acceptors (Lipinski definition) is 6. The SMILES string of the molecule is CCCC(Nc1ncc(Br)cc1C(=N)C(=O)c1c(F)ccc(N)c1F)OCC. The maximum absolute atomic E-state index is 14.2. The molecule has 4 N–H and O–H groups in total. The molecule has 0 radical (unpaired) electrons. The van der Waals surface area contributed by atoms with Crippen molar-refractivity contribution in [1.29, 1.82) is 5.41 Å². The molecule has 2 aromatic rings. The Morgan fingerprint density at radius 1 is 1.39 bits per heavy atom. The molecule has 0 amide bonds. The summed E-state index contributed by atoms with van der Waals surface area (Å²) in [6.45, 7) is 4.29. The zero-order valence-electron chi connectivity index (χ0n) is 15.5. The largest absolute Gasteiger partial charge is 0.396 e. The van der Waals surface area contributed by atoms with Gasteiger partial charge in [-0.2, -0.15) is 0 Å². The number of Topliss-reactive ketones (excluding diaryl/α,β-unsaturated/α-hetero) is 1. The van der Waals surface area contributed by atoms with Gasteiger partial charge in [-0.05, 0) is 47.5 Å². The summed E-state index contributed by atoms with van der Waals surface area (Å²) in [4.78, 5) is 16.9. The predicted octanol–water partition coefficient (Wildman–Crippen LogP) is 4.53. The Labute approximate surface area is 170 Å². The summed E-state index contributed by atoms with van der Waals surface area (Å²) in [5.74, 6) is -3.20. The number of nitrogen functional groups attached to an aromatic ring is 1. The van der Waals surface area contributed by atoms with E-state index in [2.05, 4.69) is 26.2 Å². The predicted molar refractivity (Wildman–Crippen MR) is 108 cm³/mol. The number of nitrogens with zero attached hydrogens (tertiary/aromatic N) is 1. The molecule has 0 saturated carbocycles. The molecule has 0 fully saturated rings. The first-order valence-corrected chi connectivity index (χ1v) is 9.50. The van der Waals surface area contributed by atoms with E-state index in [4.69, 9.17) is 15.9 Å². The van der Waals surface area contributed by atoms with Crippen molar-refractivity contribution in [2.75, 3.05) is 17.7 Å². The number of ether oxygens (including phenoxy) is 1. The molecule has 0 aliphatic rings. The van der Waals surface area contributed by atoms with Gasteiger partial charge in [0.15, 0.2) is 5.82 Å². The van der Waals surface area contributed by atoms with Gasteiger partial charge in [0.05, 0.1) is 11.3 Å². The molecular weight excluding hydrogens is 434 g/mol. The fourth-order valence-electron chi connectivity index (χ4n) is 2.58. The van der Waals surface area contributed by atoms with Crippen molar-refractivity contribution in [3.63, 3.8) is 0 Å². The lowest BCUT2D eigenvalue weighted by Crippen LogP contribution is -2.26. The summed E-state index contributed by atoms with van der Waals surface area (Å²) < 4.78 is 34.4. The van der Waals surface area contributed by atoms with Crippen LogP contribution in [-0.2, 0) is 4.74 Å². The first-order valence-electron chi connectivity index (χ1n) is 8.70. The van der Waals surface area contributed by atoms with Crippen LogP contribution in [0.4, 0.5) is 20.3 Å². The first-order chi connectivity index (χ1) is 13.3. The second-order valence-corrected chi connectivity index (χ2v) is 6.87. The number of rotatable bonds is 9. The van der Waals surface area contributed by atoms with Crippen molar-refractivity contribution in [3.05, 3.63) is 51.6 Å². The Morgan fingerprint density at radius 2 is 2.11 bits per heavy atom. The van der Waals surface area contributed by atoms with Crippen LogP contribution in [-0.4, -0.2) is 29.3 Å². The minimum absolute atomic E-state index is 0.0846. The van der Waals surface area contributed by atoms with E-state index in [0.717, 1.165) is 18.6 Å². The van der Waals surface area contributed by atoms with Crippen LogP contribution in [0.25, 0.3) is 0 Å². The van der Waals surface area contributed by atoms with Crippen LogP contribution in [0.1, 0.15) is 42.6 Å². The number of anilines is 2. The number of ketones is 1. The summed E-state index contributed by atoms with van der Waals surface area (Å²) in [5, 5.41) is 11.3. The van der Waals surface area contributed by atoms with Gasteiger partial charge in [-0.25, -0.2) is 13.8 Å². The van der Waals surface area contributed by atoms with Gasteiger partial charge < -0.3 is 15.8 Å². The lowest BCUT2D eigenvalue weighted by molar-refractivity contribution is 0.0759. The normalized spacial score (nSPS) is 11.9. The van der Waals surface area contributed by atoms with E-state index in [1.54, 1.807) is 0 Å². The van der Waals surface area contributed by atoms with Crippen LogP contribution in [0, 0.1) is 17.0 Å². The number of benzene rings is 1. The molecule has 1 atom stereocenters. The van der Waals surface area contributed by atoms with Gasteiger partial charge in [0.2, 0.25) is 5.78 Å². The van der Waals surface area contributed by atoms with Crippen LogP contribution in [0.15, 0.2) is 28.9 Å². The standard InChI is InChI=1S/C19H21BrF2N4O2/c1-3-5-14(28-4-2)26-19-11(8-10(20)9-25-19)17(24)18(27)15-12(21)6-7-13(23)16(15)22/h6-9,14,24H,3-5,23H2,1-2H3,(H,25,26). The van der Waals surface area contributed by atoms with Crippen LogP contribution >= 0.6 is 15.9 Å². The highest BCUT2D eigenvalue weighted by Crippen LogP contribution is 2.25. The molecule has 28 heavy (non-hydrogen) atoms. The van der Waals surface area contributed by atoms with E-state index in [1.807, 2.05) is 13.8 Å². The van der Waals surface area contributed by atoms with Gasteiger partial charge in [0, 0.05) is 22.8 Å². The highest BCUT2D eigenvalue weighted by molar-refractivity contribution is 9.10. The fourth-order valence-corrected chi connectivity index (χ4v) is 2.91. The highest BCUT2D eigenvalue weighted by Gasteiger charge is 2.26. The third-order valence-corrected chi connectivity index (χ3v) is 4.35. The second kappa shape index (κ2) is 9.70. The average Bonchev–Trinajstić information content (AvgIpc) is 2.66. The molecule has 1 aromatic carbocycles. The van der Waals surface area contributed by atoms with Crippen LogP contribution in [0.2, 0.25) is 0 Å². The zero-order valence-corrected chi connectivity index (χ0v) is 17.1. The molecule has 0 aliphatic heterocycles.